The molecule has 4 saturated heterocycles. The third-order valence-corrected chi connectivity index (χ3v) is 26.9. The number of methoxy groups -OCH3 is 5. The number of imidazole rings is 2. The minimum absolute atomic E-state index is 0.0162. The Bertz CT molecular complexity index is 5690. The second-order valence-corrected chi connectivity index (χ2v) is 38.1. The van der Waals surface area contributed by atoms with Crippen molar-refractivity contribution in [3.8, 4) is 56.3 Å². The molecule has 0 radical (unpaired) electrons. The van der Waals surface area contributed by atoms with Gasteiger partial charge in [0.2, 0.25) is 11.8 Å². The predicted octanol–water partition coefficient (Wildman–Crippen LogP) is 17.9. The van der Waals surface area contributed by atoms with Crippen LogP contribution in [0, 0.1) is 29.6 Å². The van der Waals surface area contributed by atoms with Crippen LogP contribution in [-0.4, -0.2) is 220 Å². The third kappa shape index (κ3) is 20.5. The molecule has 8 aliphatic rings. The summed E-state index contributed by atoms with van der Waals surface area (Å²) in [5.74, 6) is 1.90. The van der Waals surface area contributed by atoms with Gasteiger partial charge in [0.1, 0.15) is 65.7 Å². The number of nitrogens with zero attached hydrogens (tertiary/aromatic N) is 8. The monoisotopic (exact) mass is 1800 g/mol. The molecule has 16 rings (SSSR count). The van der Waals surface area contributed by atoms with Crippen molar-refractivity contribution in [3.05, 3.63) is 131 Å². The highest BCUT2D eigenvalue weighted by atomic mass is 16.6. The molecule has 4 fully saturated rings. The molecule has 2 aromatic heterocycles. The number of alkyl carbamates (subject to hydrolysis) is 3. The summed E-state index contributed by atoms with van der Waals surface area (Å²) in [6.07, 6.45) is 9.30. The number of ether oxygens (including phenoxy) is 9. The van der Waals surface area contributed by atoms with E-state index in [9.17, 15) is 38.4 Å². The van der Waals surface area contributed by atoms with E-state index in [2.05, 4.69) is 123 Å². The molecule has 0 spiro atoms. The summed E-state index contributed by atoms with van der Waals surface area (Å²) in [6.45, 7) is 30.1. The van der Waals surface area contributed by atoms with E-state index in [1.54, 1.807) is 21.1 Å². The van der Waals surface area contributed by atoms with E-state index in [0.717, 1.165) is 174 Å². The standard InChI is InChI=1S/C49H61N7O8.C43H51N5O6.C8H15NO4/c1-9-26(3)43(53-48(59)62-7)46(57)55-23-29(24-61-6)17-41(55)38-20-35-34-21-42-36(19-30(34)13-15-37(35)51-38)33-14-12-31(18-32(33)25-64-42)39-22-50-45(52-39)40-16-11-28(5)56(40)47(58)44(27(4)10-2)54-49(60)63-8;1-24-9-14-36(48(24)41(50)54-43(5,6)7)39-44-20-35(46-39)27-10-12-29-28(16-27)23-52-38-19-30-26(17-32(29)38)11-13-33-31(30)18-34(45-33)37-15-25(22-51-8)21-47(37)40(49)53-42(2,3)4;1-4-5(2)6(7(10)11)9-8(12)13-3/h12-15,18-19,21-22,26-29,40-41,43-44H,9-11,16-17,20,23-25H2,1-8H3,(H,50,52)(H,53,59)(H,54,60);10-13,16-17,19-20,24-25,36-37H,9,14-15,18,21-23H2,1-8H3,(H,44,46);5-6H,4H2,1-3H3,(H,9,12)(H,10,11)/t26-,27-,28-,29-,40-,41-,43-,44-;24-,25-,36-,37-;5-,6-/m000/s1. The van der Waals surface area contributed by atoms with Crippen LogP contribution in [0.4, 0.5) is 35.3 Å². The van der Waals surface area contributed by atoms with Gasteiger partial charge in [0.05, 0.1) is 93.9 Å². The SMILES string of the molecule is CC[C@H](C)[C@H](NC(=O)OC)C(=O)N1C[C@@H](COC)C[C@H]1C1=Nc2ccc3cc4c(cc3c2C1)OCc1cc(-c2cnc([C@@H]3CC[C@H](C)N3C(=O)[C@@H](NC(=O)OC)[C@@H](C)CC)[nH]2)ccc1-4.CC[C@H](C)[C@H](NC(=O)OC)C(=O)O.COC[C@H]1C[C@@H](C2=Nc3ccc4cc5c(cc4c3C2)OCc2cc(-c3cnc([C@@H]4CC[C@H](C)N4C(=O)OC(C)(C)C)[nH]3)ccc2-5)N(C(=O)OC(C)(C)C)C1. The Labute approximate surface area is 765 Å². The van der Waals surface area contributed by atoms with E-state index in [4.69, 9.17) is 63.0 Å². The van der Waals surface area contributed by atoms with E-state index >= 15 is 0 Å². The van der Waals surface area contributed by atoms with Gasteiger partial charge in [-0.05, 0) is 226 Å². The van der Waals surface area contributed by atoms with E-state index in [1.807, 2.05) is 115 Å². The van der Waals surface area contributed by atoms with Crippen molar-refractivity contribution in [1.82, 2.24) is 55.5 Å². The number of nitrogens with one attached hydrogen (secondary N) is 5. The molecule has 0 saturated carbocycles. The van der Waals surface area contributed by atoms with E-state index < -0.39 is 53.6 Å². The van der Waals surface area contributed by atoms with E-state index in [-0.39, 0.29) is 89.8 Å². The molecule has 7 amide bonds. The van der Waals surface area contributed by atoms with Crippen molar-refractivity contribution in [2.75, 3.05) is 61.9 Å². The number of aromatic amines is 2. The summed E-state index contributed by atoms with van der Waals surface area (Å²) in [6, 6.07) is 26.9. The molecule has 31 heteroatoms. The van der Waals surface area contributed by atoms with Gasteiger partial charge in [-0.15, -0.1) is 0 Å². The van der Waals surface area contributed by atoms with Crippen LogP contribution in [0.3, 0.4) is 0 Å². The predicted molar refractivity (Wildman–Crippen MR) is 498 cm³/mol. The van der Waals surface area contributed by atoms with Gasteiger partial charge >= 0.3 is 36.4 Å². The fourth-order valence-corrected chi connectivity index (χ4v) is 19.5. The highest BCUT2D eigenvalue weighted by Gasteiger charge is 2.47. The Morgan fingerprint density at radius 2 is 0.908 bits per heavy atom. The number of aliphatic carboxylic acids is 1. The number of rotatable bonds is 22. The first-order chi connectivity index (χ1) is 62.5. The first kappa shape index (κ1) is 95.0. The quantitative estimate of drug-likeness (QED) is 0.0343. The Kier molecular flexibility index (Phi) is 28.9. The van der Waals surface area contributed by atoms with Gasteiger partial charge in [-0.2, -0.15) is 0 Å². The average molecular weight is 1800 g/mol. The molecule has 0 aliphatic carbocycles. The minimum Gasteiger partial charge on any atom is -0.488 e. The minimum atomic E-state index is -1.04. The number of hydrogen-bond acceptors (Lipinski definition) is 21. The van der Waals surface area contributed by atoms with Gasteiger partial charge < -0.3 is 83.5 Å². The number of carbonyl (C=O) groups is 8. The van der Waals surface area contributed by atoms with Crippen molar-refractivity contribution < 1.29 is 86.1 Å². The molecule has 10 heterocycles. The summed E-state index contributed by atoms with van der Waals surface area (Å²) in [5.41, 5.74) is 15.0. The van der Waals surface area contributed by atoms with Crippen LogP contribution in [0.1, 0.15) is 201 Å². The van der Waals surface area contributed by atoms with Crippen LogP contribution in [0.5, 0.6) is 11.5 Å². The zero-order chi connectivity index (χ0) is 93.9. The first-order valence-corrected chi connectivity index (χ1v) is 45.9. The number of carboxylic acids is 1. The molecule has 6 aromatic carbocycles. The van der Waals surface area contributed by atoms with Crippen molar-refractivity contribution in [2.45, 2.75) is 246 Å². The molecule has 6 N–H and O–H groups in total. The van der Waals surface area contributed by atoms with Crippen LogP contribution < -0.4 is 25.4 Å². The number of carbonyl (C=O) groups excluding carboxylic acids is 7. The number of amides is 7. The van der Waals surface area contributed by atoms with Crippen LogP contribution in [0.25, 0.3) is 66.3 Å². The molecular formula is C100H127N13O18. The Hall–Kier alpha value is -12.1. The van der Waals surface area contributed by atoms with Crippen LogP contribution in [0.15, 0.2) is 107 Å². The van der Waals surface area contributed by atoms with Gasteiger partial charge in [0, 0.05) is 86.6 Å². The van der Waals surface area contributed by atoms with Gasteiger partial charge in [-0.25, -0.2) is 38.7 Å². The Balaban J connectivity index is 0.000000188. The lowest BCUT2D eigenvalue weighted by Gasteiger charge is -2.33. The van der Waals surface area contributed by atoms with Gasteiger partial charge in [0.15, 0.2) is 0 Å². The number of benzene rings is 6. The van der Waals surface area contributed by atoms with Crippen molar-refractivity contribution >= 4 is 92.6 Å². The summed E-state index contributed by atoms with van der Waals surface area (Å²) in [5, 5.41) is 21.0. The smallest absolute Gasteiger partial charge is 0.411 e. The molecular weight excluding hydrogens is 1670 g/mol. The molecule has 0 bridgehead atoms. The molecule has 8 aromatic rings. The maximum atomic E-state index is 14.3. The lowest BCUT2D eigenvalue weighted by molar-refractivity contribution is -0.141. The van der Waals surface area contributed by atoms with Gasteiger partial charge in [-0.3, -0.25) is 29.4 Å². The molecule has 14 atom stereocenters. The first-order valence-electron chi connectivity index (χ1n) is 45.9. The zero-order valence-corrected chi connectivity index (χ0v) is 78.8. The Morgan fingerprint density at radius 3 is 1.34 bits per heavy atom. The molecule has 31 nitrogen and oxygen atoms in total. The van der Waals surface area contributed by atoms with Crippen molar-refractivity contribution in [1.29, 1.82) is 0 Å². The number of aliphatic imine (C=N–C) groups is 2. The third-order valence-electron chi connectivity index (χ3n) is 26.9. The van der Waals surface area contributed by atoms with Crippen molar-refractivity contribution in [3.63, 3.8) is 0 Å². The highest BCUT2D eigenvalue weighted by Crippen LogP contribution is 2.49. The van der Waals surface area contributed by atoms with Gasteiger partial charge in [-0.1, -0.05) is 97.2 Å². The summed E-state index contributed by atoms with van der Waals surface area (Å²) in [4.78, 5) is 135. The maximum absolute atomic E-state index is 14.3. The summed E-state index contributed by atoms with van der Waals surface area (Å²) in [7, 11) is 7.19. The summed E-state index contributed by atoms with van der Waals surface area (Å²) >= 11 is 0. The Morgan fingerprint density at radius 1 is 0.496 bits per heavy atom. The van der Waals surface area contributed by atoms with Crippen LogP contribution in [0.2, 0.25) is 0 Å². The van der Waals surface area contributed by atoms with Crippen molar-refractivity contribution in [2.24, 2.45) is 39.6 Å². The van der Waals surface area contributed by atoms with E-state index in [0.29, 0.717) is 71.0 Å². The number of aromatic nitrogens is 4. The largest absolute Gasteiger partial charge is 0.488 e. The lowest BCUT2D eigenvalue weighted by Crippen LogP contribution is -2.54. The number of carboxylic acid groups (broad SMARTS) is 1. The molecule has 700 valence electrons. The normalized spacial score (nSPS) is 21.2. The van der Waals surface area contributed by atoms with Crippen LogP contribution >= 0.6 is 0 Å². The fourth-order valence-electron chi connectivity index (χ4n) is 19.5. The lowest BCUT2D eigenvalue weighted by atomic mass is 9.90. The zero-order valence-electron chi connectivity index (χ0n) is 78.8. The molecule has 0 unspecified atom stereocenters. The number of hydrogen-bond donors (Lipinski definition) is 6. The number of H-pyrrole nitrogens is 2. The molecule has 131 heavy (non-hydrogen) atoms. The average Bonchev–Trinajstić information content (AvgIpc) is 1.66. The number of likely N-dealkylation sites (tertiary alicyclic amines) is 4. The molecule has 8 aliphatic heterocycles. The van der Waals surface area contributed by atoms with Gasteiger partial charge in [0.25, 0.3) is 0 Å². The topological polar surface area (TPSA) is 371 Å². The fraction of sp³-hybridized carbons (Fsp3) is 0.520. The van der Waals surface area contributed by atoms with E-state index in [1.165, 1.54) is 21.3 Å². The van der Waals surface area contributed by atoms with Crippen LogP contribution in [-0.2, 0) is 73.6 Å². The number of fused-ring (bicyclic) bond motifs is 12. The highest BCUT2D eigenvalue weighted by molar-refractivity contribution is 6.08. The second kappa shape index (κ2) is 39.9. The summed E-state index contributed by atoms with van der Waals surface area (Å²) < 4.78 is 49.6. The maximum Gasteiger partial charge on any atom is 0.411 e. The second-order valence-electron chi connectivity index (χ2n) is 38.1.